The maximum Gasteiger partial charge on any atom is 0.223 e. The minimum Gasteiger partial charge on any atom is -0.348 e. The molecule has 0 saturated heterocycles. The Morgan fingerprint density at radius 3 is 2.71 bits per heavy atom. The van der Waals surface area contributed by atoms with Crippen LogP contribution in [0, 0.1) is 11.3 Å². The summed E-state index contributed by atoms with van der Waals surface area (Å²) in [5.74, 6) is 0.586. The Morgan fingerprint density at radius 1 is 1.24 bits per heavy atom. The van der Waals surface area contributed by atoms with Gasteiger partial charge in [-0.05, 0) is 30.7 Å². The van der Waals surface area contributed by atoms with Gasteiger partial charge in [0.2, 0.25) is 5.95 Å². The number of anilines is 1. The molecule has 0 aliphatic heterocycles. The second kappa shape index (κ2) is 5.08. The van der Waals surface area contributed by atoms with Crippen LogP contribution in [0.5, 0.6) is 0 Å². The number of aromatic nitrogens is 2. The lowest BCUT2D eigenvalue weighted by Gasteiger charge is -2.13. The largest absolute Gasteiger partial charge is 0.348 e. The average Bonchev–Trinajstić information content (AvgIpc) is 2.40. The van der Waals surface area contributed by atoms with Crippen molar-refractivity contribution in [3.05, 3.63) is 53.9 Å². The zero-order valence-corrected chi connectivity index (χ0v) is 9.46. The number of benzene rings is 1. The van der Waals surface area contributed by atoms with E-state index < -0.39 is 0 Å². The number of nitrogens with one attached hydrogen (secondary N) is 1. The van der Waals surface area contributed by atoms with E-state index in [1.807, 2.05) is 25.1 Å². The average molecular weight is 224 g/mol. The van der Waals surface area contributed by atoms with E-state index in [1.165, 1.54) is 0 Å². The Bertz CT molecular complexity index is 531. The summed E-state index contributed by atoms with van der Waals surface area (Å²) in [6.07, 6.45) is 3.38. The van der Waals surface area contributed by atoms with Gasteiger partial charge in [0.15, 0.2) is 0 Å². The molecule has 0 aliphatic rings. The summed E-state index contributed by atoms with van der Waals surface area (Å²) in [6.45, 7) is 2.01. The molecule has 0 amide bonds. The first kappa shape index (κ1) is 11.1. The minimum absolute atomic E-state index is 0.0608. The van der Waals surface area contributed by atoms with Gasteiger partial charge in [-0.1, -0.05) is 12.1 Å². The number of hydrogen-bond donors (Lipinski definition) is 1. The van der Waals surface area contributed by atoms with Crippen LogP contribution in [-0.4, -0.2) is 9.97 Å². The fraction of sp³-hybridized carbons (Fsp3) is 0.154. The number of rotatable bonds is 3. The molecule has 0 fully saturated rings. The molecule has 1 N–H and O–H groups in total. The summed E-state index contributed by atoms with van der Waals surface area (Å²) in [5, 5.41) is 12.0. The van der Waals surface area contributed by atoms with Gasteiger partial charge < -0.3 is 5.32 Å². The van der Waals surface area contributed by atoms with Gasteiger partial charge in [-0.25, -0.2) is 9.97 Å². The summed E-state index contributed by atoms with van der Waals surface area (Å²) in [4.78, 5) is 8.20. The van der Waals surface area contributed by atoms with Crippen LogP contribution in [0.2, 0.25) is 0 Å². The Hall–Kier alpha value is -2.41. The van der Waals surface area contributed by atoms with Gasteiger partial charge in [0.1, 0.15) is 0 Å². The molecule has 17 heavy (non-hydrogen) atoms. The van der Waals surface area contributed by atoms with E-state index in [0.29, 0.717) is 11.5 Å². The molecule has 2 aromatic rings. The van der Waals surface area contributed by atoms with Crippen molar-refractivity contribution in [3.8, 4) is 6.07 Å². The molecule has 2 rings (SSSR count). The smallest absolute Gasteiger partial charge is 0.223 e. The van der Waals surface area contributed by atoms with E-state index in [-0.39, 0.29) is 6.04 Å². The highest BCUT2D eigenvalue weighted by Gasteiger charge is 2.06. The van der Waals surface area contributed by atoms with Crippen molar-refractivity contribution < 1.29 is 0 Å². The Balaban J connectivity index is 2.15. The lowest BCUT2D eigenvalue weighted by molar-refractivity contribution is 0.860. The molecule has 1 heterocycles. The SMILES string of the molecule is CC(Nc1ncccn1)c1cccc(C#N)c1. The molecule has 4 heteroatoms. The highest BCUT2D eigenvalue weighted by molar-refractivity contribution is 5.37. The first-order chi connectivity index (χ1) is 8.29. The Morgan fingerprint density at radius 2 is 2.00 bits per heavy atom. The standard InChI is InChI=1S/C13H12N4/c1-10(17-13-15-6-3-7-16-13)12-5-2-4-11(8-12)9-14/h2-8,10H,1H3,(H,15,16,17). The molecule has 84 valence electrons. The van der Waals surface area contributed by atoms with Crippen LogP contribution in [0.1, 0.15) is 24.1 Å². The topological polar surface area (TPSA) is 61.6 Å². The predicted octanol–water partition coefficient (Wildman–Crippen LogP) is 2.52. The minimum atomic E-state index is 0.0608. The number of hydrogen-bond acceptors (Lipinski definition) is 4. The maximum absolute atomic E-state index is 8.84. The molecular weight excluding hydrogens is 212 g/mol. The monoisotopic (exact) mass is 224 g/mol. The molecule has 4 nitrogen and oxygen atoms in total. The summed E-state index contributed by atoms with van der Waals surface area (Å²) < 4.78 is 0. The van der Waals surface area contributed by atoms with E-state index in [4.69, 9.17) is 5.26 Å². The molecule has 1 aromatic carbocycles. The Labute approximate surface area is 100.0 Å². The Kier molecular flexibility index (Phi) is 3.31. The lowest BCUT2D eigenvalue weighted by atomic mass is 10.1. The highest BCUT2D eigenvalue weighted by atomic mass is 15.1. The van der Waals surface area contributed by atoms with Crippen LogP contribution in [0.4, 0.5) is 5.95 Å². The van der Waals surface area contributed by atoms with Crippen molar-refractivity contribution >= 4 is 5.95 Å². The van der Waals surface area contributed by atoms with Crippen LogP contribution in [0.25, 0.3) is 0 Å². The van der Waals surface area contributed by atoms with Crippen LogP contribution < -0.4 is 5.32 Å². The fourth-order valence-corrected chi connectivity index (χ4v) is 1.53. The van der Waals surface area contributed by atoms with E-state index in [1.54, 1.807) is 24.5 Å². The molecular formula is C13H12N4. The van der Waals surface area contributed by atoms with Crippen molar-refractivity contribution in [1.82, 2.24) is 9.97 Å². The van der Waals surface area contributed by atoms with Gasteiger partial charge in [0.05, 0.1) is 17.7 Å². The van der Waals surface area contributed by atoms with Crippen molar-refractivity contribution in [2.45, 2.75) is 13.0 Å². The molecule has 1 unspecified atom stereocenters. The summed E-state index contributed by atoms with van der Waals surface area (Å²) in [6, 6.07) is 11.5. The van der Waals surface area contributed by atoms with Crippen molar-refractivity contribution in [2.75, 3.05) is 5.32 Å². The van der Waals surface area contributed by atoms with Crippen molar-refractivity contribution in [1.29, 1.82) is 5.26 Å². The van der Waals surface area contributed by atoms with E-state index in [9.17, 15) is 0 Å². The molecule has 1 aromatic heterocycles. The van der Waals surface area contributed by atoms with Crippen molar-refractivity contribution in [2.24, 2.45) is 0 Å². The number of nitrogens with zero attached hydrogens (tertiary/aromatic N) is 3. The lowest BCUT2D eigenvalue weighted by Crippen LogP contribution is -2.09. The van der Waals surface area contributed by atoms with E-state index in [0.717, 1.165) is 5.56 Å². The van der Waals surface area contributed by atoms with Gasteiger partial charge >= 0.3 is 0 Å². The molecule has 0 radical (unpaired) electrons. The molecule has 0 bridgehead atoms. The van der Waals surface area contributed by atoms with Gasteiger partial charge in [-0.2, -0.15) is 5.26 Å². The summed E-state index contributed by atoms with van der Waals surface area (Å²) in [7, 11) is 0. The zero-order valence-electron chi connectivity index (χ0n) is 9.46. The third-order valence-electron chi connectivity index (χ3n) is 2.43. The predicted molar refractivity (Wildman–Crippen MR) is 65.2 cm³/mol. The van der Waals surface area contributed by atoms with Gasteiger partial charge in [-0.15, -0.1) is 0 Å². The van der Waals surface area contributed by atoms with Gasteiger partial charge in [-0.3, -0.25) is 0 Å². The highest BCUT2D eigenvalue weighted by Crippen LogP contribution is 2.17. The fourth-order valence-electron chi connectivity index (χ4n) is 1.53. The number of nitriles is 1. The second-order valence-corrected chi connectivity index (χ2v) is 3.68. The third kappa shape index (κ3) is 2.79. The first-order valence-electron chi connectivity index (χ1n) is 5.33. The van der Waals surface area contributed by atoms with E-state index >= 15 is 0 Å². The molecule has 0 aliphatic carbocycles. The van der Waals surface area contributed by atoms with Crippen LogP contribution in [0.15, 0.2) is 42.7 Å². The summed E-state index contributed by atoms with van der Waals surface area (Å²) >= 11 is 0. The van der Waals surface area contributed by atoms with Crippen LogP contribution >= 0.6 is 0 Å². The normalized spacial score (nSPS) is 11.5. The van der Waals surface area contributed by atoms with Gasteiger partial charge in [0, 0.05) is 12.4 Å². The van der Waals surface area contributed by atoms with E-state index in [2.05, 4.69) is 21.4 Å². The molecule has 1 atom stereocenters. The third-order valence-corrected chi connectivity index (χ3v) is 2.43. The van der Waals surface area contributed by atoms with Crippen LogP contribution in [0.3, 0.4) is 0 Å². The maximum atomic E-state index is 8.84. The quantitative estimate of drug-likeness (QED) is 0.870. The molecule has 0 saturated carbocycles. The van der Waals surface area contributed by atoms with Crippen LogP contribution in [-0.2, 0) is 0 Å². The molecule has 0 spiro atoms. The zero-order chi connectivity index (χ0) is 12.1. The van der Waals surface area contributed by atoms with Gasteiger partial charge in [0.25, 0.3) is 0 Å². The summed E-state index contributed by atoms with van der Waals surface area (Å²) in [5.41, 5.74) is 1.70. The van der Waals surface area contributed by atoms with Crippen molar-refractivity contribution in [3.63, 3.8) is 0 Å². The second-order valence-electron chi connectivity index (χ2n) is 3.68. The first-order valence-corrected chi connectivity index (χ1v) is 5.33.